The summed E-state index contributed by atoms with van der Waals surface area (Å²) in [6.45, 7) is 3.65. The Kier molecular flexibility index (Phi) is 4.67. The van der Waals surface area contributed by atoms with E-state index >= 15 is 0 Å². The Morgan fingerprint density at radius 2 is 1.74 bits per heavy atom. The highest BCUT2D eigenvalue weighted by Crippen LogP contribution is 2.64. The van der Waals surface area contributed by atoms with E-state index in [1.807, 2.05) is 20.3 Å². The Labute approximate surface area is 202 Å². The van der Waals surface area contributed by atoms with Crippen molar-refractivity contribution >= 4 is 19.3 Å². The van der Waals surface area contributed by atoms with Crippen LogP contribution in [0.3, 0.4) is 0 Å². The molecule has 1 atom stereocenters. The number of benzene rings is 2. The molecule has 35 heavy (non-hydrogen) atoms. The highest BCUT2D eigenvalue weighted by atomic mass is 31.2. The first kappa shape index (κ1) is 21.5. The van der Waals surface area contributed by atoms with Crippen molar-refractivity contribution in [3.05, 3.63) is 62.7 Å². The first-order chi connectivity index (χ1) is 16.9. The zero-order valence-corrected chi connectivity index (χ0v) is 20.0. The van der Waals surface area contributed by atoms with Crippen LogP contribution in [0.5, 0.6) is 11.5 Å². The van der Waals surface area contributed by atoms with Gasteiger partial charge in [-0.25, -0.2) is 9.34 Å². The molecule has 10 nitrogen and oxygen atoms in total. The Hall–Kier alpha value is -2.78. The van der Waals surface area contributed by atoms with Crippen molar-refractivity contribution in [1.82, 2.24) is 14.2 Å². The maximum atomic E-state index is 13.5. The molecule has 5 aliphatic rings. The minimum absolute atomic E-state index is 0.00854. The molecule has 3 fully saturated rings. The van der Waals surface area contributed by atoms with Gasteiger partial charge in [0.25, 0.3) is 5.91 Å². The number of fused-ring (bicyclic) bond motifs is 2. The van der Waals surface area contributed by atoms with Crippen LogP contribution in [0.15, 0.2) is 30.3 Å². The van der Waals surface area contributed by atoms with Crippen molar-refractivity contribution in [3.63, 3.8) is 0 Å². The summed E-state index contributed by atoms with van der Waals surface area (Å²) >= 11 is 0. The fourth-order valence-corrected chi connectivity index (χ4v) is 7.53. The van der Waals surface area contributed by atoms with Gasteiger partial charge in [0.2, 0.25) is 5.75 Å². The largest absolute Gasteiger partial charge is 0.450 e. The summed E-state index contributed by atoms with van der Waals surface area (Å²) in [5.41, 5.74) is 3.02. The molecule has 0 spiro atoms. The Morgan fingerprint density at radius 1 is 1.00 bits per heavy atom. The van der Waals surface area contributed by atoms with E-state index in [-0.39, 0.29) is 17.3 Å². The summed E-state index contributed by atoms with van der Waals surface area (Å²) in [7, 11) is -3.03. The van der Waals surface area contributed by atoms with E-state index in [0.29, 0.717) is 36.7 Å². The number of nitro groups is 1. The van der Waals surface area contributed by atoms with Crippen LogP contribution in [0.2, 0.25) is 0 Å². The third-order valence-electron chi connectivity index (χ3n) is 7.40. The van der Waals surface area contributed by atoms with Crippen LogP contribution in [0, 0.1) is 10.1 Å². The number of ether oxygens (including phenoxy) is 1. The lowest BCUT2D eigenvalue weighted by Crippen LogP contribution is -2.25. The topological polar surface area (TPSA) is 105 Å². The Bertz CT molecular complexity index is 1300. The quantitative estimate of drug-likeness (QED) is 0.231. The molecule has 1 amide bonds. The molecule has 2 aromatic carbocycles. The van der Waals surface area contributed by atoms with Gasteiger partial charge in [0.1, 0.15) is 5.75 Å². The number of aryl methyl sites for hydroxylation is 1. The summed E-state index contributed by atoms with van der Waals surface area (Å²) < 4.78 is 29.5. The van der Waals surface area contributed by atoms with E-state index in [4.69, 9.17) is 9.26 Å². The zero-order valence-electron chi connectivity index (χ0n) is 19.1. The minimum Gasteiger partial charge on any atom is -0.450 e. The van der Waals surface area contributed by atoms with Gasteiger partial charge in [0, 0.05) is 50.4 Å². The van der Waals surface area contributed by atoms with Gasteiger partial charge in [-0.3, -0.25) is 24.0 Å². The molecule has 3 aliphatic heterocycles. The van der Waals surface area contributed by atoms with Crippen LogP contribution in [0.25, 0.3) is 0 Å². The van der Waals surface area contributed by atoms with Gasteiger partial charge in [-0.2, -0.15) is 0 Å². The van der Waals surface area contributed by atoms with E-state index in [0.717, 1.165) is 55.7 Å². The molecule has 1 saturated carbocycles. The van der Waals surface area contributed by atoms with Gasteiger partial charge in [0.05, 0.1) is 11.0 Å². The molecular formula is C24H25N4O6P. The lowest BCUT2D eigenvalue weighted by Gasteiger charge is -2.24. The lowest BCUT2D eigenvalue weighted by molar-refractivity contribution is -0.385. The summed E-state index contributed by atoms with van der Waals surface area (Å²) in [6.07, 6.45) is 2.90. The van der Waals surface area contributed by atoms with E-state index in [9.17, 15) is 19.5 Å². The second-order valence-electron chi connectivity index (χ2n) is 9.89. The molecule has 7 rings (SSSR count). The van der Waals surface area contributed by atoms with E-state index in [2.05, 4.69) is 0 Å². The summed E-state index contributed by atoms with van der Waals surface area (Å²) in [5, 5.41) is 11.9. The Balaban J connectivity index is 1.19. The summed E-state index contributed by atoms with van der Waals surface area (Å²) in [4.78, 5) is 26.1. The highest BCUT2D eigenvalue weighted by molar-refractivity contribution is 7.54. The van der Waals surface area contributed by atoms with E-state index < -0.39 is 18.7 Å². The van der Waals surface area contributed by atoms with Crippen molar-refractivity contribution in [3.8, 4) is 11.5 Å². The monoisotopic (exact) mass is 496 g/mol. The fourth-order valence-electron chi connectivity index (χ4n) is 5.17. The predicted octanol–water partition coefficient (Wildman–Crippen LogP) is 4.25. The second kappa shape index (κ2) is 7.61. The third-order valence-corrected chi connectivity index (χ3v) is 10.2. The molecule has 2 aromatic rings. The number of carbonyl (C=O) groups is 1. The molecule has 11 heteroatoms. The molecule has 0 unspecified atom stereocenters. The van der Waals surface area contributed by atoms with Crippen LogP contribution in [-0.2, 0) is 22.1 Å². The first-order valence-corrected chi connectivity index (χ1v) is 13.7. The van der Waals surface area contributed by atoms with Crippen molar-refractivity contribution in [2.24, 2.45) is 0 Å². The van der Waals surface area contributed by atoms with E-state index in [1.165, 1.54) is 0 Å². The molecule has 0 aromatic heterocycles. The number of hydrogen-bond acceptors (Lipinski definition) is 6. The molecule has 2 saturated heterocycles. The third kappa shape index (κ3) is 3.67. The molecular weight excluding hydrogens is 471 g/mol. The summed E-state index contributed by atoms with van der Waals surface area (Å²) in [6, 6.07) is 8.82. The van der Waals surface area contributed by atoms with Gasteiger partial charge >= 0.3 is 13.4 Å². The van der Waals surface area contributed by atoms with Gasteiger partial charge in [-0.15, -0.1) is 0 Å². The molecule has 0 radical (unpaired) electrons. The normalized spacial score (nSPS) is 23.4. The average molecular weight is 496 g/mol. The van der Waals surface area contributed by atoms with Crippen molar-refractivity contribution in [2.75, 3.05) is 26.2 Å². The number of amides is 1. The zero-order chi connectivity index (χ0) is 23.9. The van der Waals surface area contributed by atoms with Crippen LogP contribution in [0.4, 0.5) is 5.69 Å². The molecule has 0 N–H and O–H groups in total. The highest BCUT2D eigenvalue weighted by Gasteiger charge is 2.51. The predicted molar refractivity (Wildman–Crippen MR) is 125 cm³/mol. The smallest absolute Gasteiger partial charge is 0.346 e. The Morgan fingerprint density at radius 3 is 2.40 bits per heavy atom. The van der Waals surface area contributed by atoms with Gasteiger partial charge in [0.15, 0.2) is 0 Å². The van der Waals surface area contributed by atoms with Crippen LogP contribution in [0.1, 0.15) is 52.4 Å². The number of hydrogen-bond donors (Lipinski definition) is 0. The van der Waals surface area contributed by atoms with Crippen molar-refractivity contribution < 1.29 is 23.5 Å². The number of carbonyl (C=O) groups excluding carboxylic acids is 1. The van der Waals surface area contributed by atoms with Gasteiger partial charge in [-0.1, -0.05) is 6.07 Å². The van der Waals surface area contributed by atoms with E-state index in [1.54, 1.807) is 24.3 Å². The van der Waals surface area contributed by atoms with Gasteiger partial charge in [-0.05, 0) is 60.6 Å². The molecule has 0 bridgehead atoms. The van der Waals surface area contributed by atoms with Crippen molar-refractivity contribution in [2.45, 2.75) is 44.4 Å². The molecule has 3 heterocycles. The number of rotatable bonds is 8. The second-order valence-corrected chi connectivity index (χ2v) is 12.2. The van der Waals surface area contributed by atoms with Crippen LogP contribution < -0.4 is 4.74 Å². The lowest BCUT2D eigenvalue weighted by atomic mass is 10.1. The molecule has 2 aliphatic carbocycles. The first-order valence-electron chi connectivity index (χ1n) is 12.1. The van der Waals surface area contributed by atoms with Gasteiger partial charge < -0.3 is 9.64 Å². The number of nitrogens with zero attached hydrogens (tertiary/aromatic N) is 4. The molecule has 182 valence electrons. The summed E-state index contributed by atoms with van der Waals surface area (Å²) in [5.74, 6) is 0.472. The average Bonchev–Trinajstić information content (AvgIpc) is 3.71. The standard InChI is InChI=1S/C24H25N4O6P/c29-24-20-12-18(5-1-16(20)14-27(24)17-3-4-17)33-23-13-19-15(11-21(23)28(30)31)2-6-22(19)34-35(32,25-7-8-25)26-9-10-26/h1,5,11-13,17,22H,2-4,6-10,14H2/t22-/m0/s1. The maximum Gasteiger partial charge on any atom is 0.346 e. The minimum atomic E-state index is -3.03. The van der Waals surface area contributed by atoms with Crippen molar-refractivity contribution in [1.29, 1.82) is 0 Å². The van der Waals surface area contributed by atoms with Crippen LogP contribution in [-0.4, -0.2) is 57.3 Å². The maximum absolute atomic E-state index is 13.5. The SMILES string of the molecule is O=C1c2cc(Oc3cc4c(cc3[N+](=O)[O-])CC[C@@H]4OP(=O)(N3CC3)N3CC3)ccc2CN1C1CC1. The number of nitro benzene ring substituents is 1. The van der Waals surface area contributed by atoms with Crippen LogP contribution >= 0.6 is 7.67 Å². The fraction of sp³-hybridized carbons (Fsp3) is 0.458.